The zero-order valence-corrected chi connectivity index (χ0v) is 23.9. The Morgan fingerprint density at radius 1 is 0.409 bits per heavy atom. The second kappa shape index (κ2) is 10.3. The lowest BCUT2D eigenvalue weighted by atomic mass is 10.0. The van der Waals surface area contributed by atoms with Crippen LogP contribution in [0.4, 0.5) is 0 Å². The maximum Gasteiger partial charge on any atom is 0.0991 e. The molecule has 0 unspecified atom stereocenters. The smallest absolute Gasteiger partial charge is 0.0991 e. The van der Waals surface area contributed by atoms with Crippen molar-refractivity contribution in [2.45, 2.75) is 12.8 Å². The van der Waals surface area contributed by atoms with E-state index < -0.39 is 0 Å². The molecular formula is C40H26N4. The summed E-state index contributed by atoms with van der Waals surface area (Å²) in [5.41, 5.74) is 10.5. The molecule has 44 heavy (non-hydrogen) atoms. The van der Waals surface area contributed by atoms with Crippen molar-refractivity contribution >= 4 is 43.6 Å². The van der Waals surface area contributed by atoms with Gasteiger partial charge in [-0.1, -0.05) is 48.5 Å². The molecule has 2 heterocycles. The molecular weight excluding hydrogens is 536 g/mol. The molecule has 0 N–H and O–H groups in total. The Labute approximate surface area is 254 Å². The van der Waals surface area contributed by atoms with E-state index in [0.29, 0.717) is 11.1 Å². The number of nitriles is 2. The Morgan fingerprint density at radius 3 is 1.16 bits per heavy atom. The van der Waals surface area contributed by atoms with E-state index >= 15 is 0 Å². The van der Waals surface area contributed by atoms with E-state index in [-0.39, 0.29) is 0 Å². The number of para-hydroxylation sites is 2. The van der Waals surface area contributed by atoms with Gasteiger partial charge in [0, 0.05) is 32.9 Å². The number of nitrogens with zero attached hydrogens (tertiary/aromatic N) is 4. The number of hydrogen-bond donors (Lipinski definition) is 0. The van der Waals surface area contributed by atoms with Gasteiger partial charge < -0.3 is 9.13 Å². The first-order valence-electron chi connectivity index (χ1n) is 14.8. The van der Waals surface area contributed by atoms with Gasteiger partial charge in [0.15, 0.2) is 0 Å². The van der Waals surface area contributed by atoms with Crippen molar-refractivity contribution in [3.63, 3.8) is 0 Å². The molecule has 0 aliphatic carbocycles. The molecule has 4 heteroatoms. The van der Waals surface area contributed by atoms with Gasteiger partial charge in [0.25, 0.3) is 0 Å². The lowest BCUT2D eigenvalue weighted by Crippen LogP contribution is -1.95. The van der Waals surface area contributed by atoms with Crippen molar-refractivity contribution < 1.29 is 0 Å². The van der Waals surface area contributed by atoms with E-state index in [4.69, 9.17) is 0 Å². The molecule has 0 aliphatic heterocycles. The van der Waals surface area contributed by atoms with Crippen LogP contribution in [0.15, 0.2) is 133 Å². The summed E-state index contributed by atoms with van der Waals surface area (Å²) in [5.74, 6) is 0. The summed E-state index contributed by atoms with van der Waals surface area (Å²) in [6.45, 7) is 0. The molecule has 0 spiro atoms. The number of benzene rings is 6. The Hall–Kier alpha value is -6.10. The van der Waals surface area contributed by atoms with Gasteiger partial charge in [-0.25, -0.2) is 0 Å². The average molecular weight is 563 g/mol. The largest absolute Gasteiger partial charge is 0.309 e. The summed E-state index contributed by atoms with van der Waals surface area (Å²) in [6.07, 6.45) is 1.77. The summed E-state index contributed by atoms with van der Waals surface area (Å²) in [4.78, 5) is 0. The van der Waals surface area contributed by atoms with Gasteiger partial charge in [-0.05, 0) is 109 Å². The third kappa shape index (κ3) is 4.13. The molecule has 4 nitrogen and oxygen atoms in total. The highest BCUT2D eigenvalue weighted by atomic mass is 15.0. The first-order chi connectivity index (χ1) is 21.7. The predicted molar refractivity (Wildman–Crippen MR) is 178 cm³/mol. The molecule has 8 aromatic rings. The Morgan fingerprint density at radius 2 is 0.773 bits per heavy atom. The first-order valence-corrected chi connectivity index (χ1v) is 14.8. The zero-order valence-electron chi connectivity index (χ0n) is 23.9. The van der Waals surface area contributed by atoms with Crippen molar-refractivity contribution in [3.05, 3.63) is 156 Å². The first kappa shape index (κ1) is 25.6. The zero-order chi connectivity index (χ0) is 29.6. The SMILES string of the molecule is N#Cc1ccc2c(c1)c1cc(CCc3ccc4c(c3)c3cc(C#N)ccc3n4-c3ccccc3)ccc1n2-c1ccccc1. The van der Waals surface area contributed by atoms with Gasteiger partial charge in [0.1, 0.15) is 0 Å². The Bertz CT molecular complexity index is 2280. The molecule has 0 bridgehead atoms. The number of fused-ring (bicyclic) bond motifs is 6. The van der Waals surface area contributed by atoms with Crippen molar-refractivity contribution in [1.29, 1.82) is 10.5 Å². The molecule has 0 radical (unpaired) electrons. The number of rotatable bonds is 5. The fourth-order valence-electron chi connectivity index (χ4n) is 6.59. The van der Waals surface area contributed by atoms with Gasteiger partial charge in [-0.2, -0.15) is 10.5 Å². The molecule has 8 rings (SSSR count). The van der Waals surface area contributed by atoms with Crippen LogP contribution in [-0.4, -0.2) is 9.13 Å². The van der Waals surface area contributed by atoms with Gasteiger partial charge in [0.2, 0.25) is 0 Å². The number of aromatic nitrogens is 2. The molecule has 2 aromatic heterocycles. The van der Waals surface area contributed by atoms with E-state index in [2.05, 4.69) is 118 Å². The average Bonchev–Trinajstić information content (AvgIpc) is 3.59. The summed E-state index contributed by atoms with van der Waals surface area (Å²) in [7, 11) is 0. The van der Waals surface area contributed by atoms with Crippen LogP contribution in [0, 0.1) is 22.7 Å². The highest BCUT2D eigenvalue weighted by molar-refractivity contribution is 6.11. The fourth-order valence-corrected chi connectivity index (χ4v) is 6.59. The van der Waals surface area contributed by atoms with E-state index in [1.54, 1.807) is 0 Å². The maximum absolute atomic E-state index is 9.62. The van der Waals surface area contributed by atoms with Crippen LogP contribution in [0.5, 0.6) is 0 Å². The van der Waals surface area contributed by atoms with Crippen molar-refractivity contribution in [2.24, 2.45) is 0 Å². The summed E-state index contributed by atoms with van der Waals surface area (Å²) < 4.78 is 4.56. The number of aryl methyl sites for hydroxylation is 2. The summed E-state index contributed by atoms with van der Waals surface area (Å²) in [5, 5.41) is 23.7. The quantitative estimate of drug-likeness (QED) is 0.210. The molecule has 206 valence electrons. The Kier molecular flexibility index (Phi) is 6.00. The molecule has 0 saturated heterocycles. The van der Waals surface area contributed by atoms with Crippen LogP contribution in [0.2, 0.25) is 0 Å². The van der Waals surface area contributed by atoms with Gasteiger partial charge in [0.05, 0.1) is 45.3 Å². The van der Waals surface area contributed by atoms with Crippen molar-refractivity contribution in [2.75, 3.05) is 0 Å². The van der Waals surface area contributed by atoms with Crippen molar-refractivity contribution in [3.8, 4) is 23.5 Å². The third-order valence-corrected chi connectivity index (χ3v) is 8.65. The van der Waals surface area contributed by atoms with Crippen LogP contribution in [-0.2, 0) is 12.8 Å². The highest BCUT2D eigenvalue weighted by Crippen LogP contribution is 2.35. The van der Waals surface area contributed by atoms with Gasteiger partial charge >= 0.3 is 0 Å². The lowest BCUT2D eigenvalue weighted by molar-refractivity contribution is 0.964. The fraction of sp³-hybridized carbons (Fsp3) is 0.0500. The van der Waals surface area contributed by atoms with Crippen LogP contribution in [0.25, 0.3) is 55.0 Å². The van der Waals surface area contributed by atoms with Gasteiger partial charge in [-0.15, -0.1) is 0 Å². The second-order valence-electron chi connectivity index (χ2n) is 11.2. The van der Waals surface area contributed by atoms with Crippen LogP contribution in [0.3, 0.4) is 0 Å². The van der Waals surface area contributed by atoms with E-state index in [1.807, 2.05) is 36.4 Å². The highest BCUT2D eigenvalue weighted by Gasteiger charge is 2.15. The van der Waals surface area contributed by atoms with Crippen molar-refractivity contribution in [1.82, 2.24) is 9.13 Å². The van der Waals surface area contributed by atoms with E-state index in [1.165, 1.54) is 11.1 Å². The minimum absolute atomic E-state index is 0.664. The molecule has 0 aliphatic rings. The van der Waals surface area contributed by atoms with E-state index in [0.717, 1.165) is 67.8 Å². The van der Waals surface area contributed by atoms with E-state index in [9.17, 15) is 10.5 Å². The standard InChI is InChI=1S/C40H26N4/c41-25-29-15-19-39-35(23-29)33-21-27(13-17-37(33)43(39)31-7-3-1-4-8-31)11-12-28-14-18-38-34(22-28)36-24-30(26-42)16-20-40(36)44(38)32-9-5-2-6-10-32/h1-10,13-24H,11-12H2. The summed E-state index contributed by atoms with van der Waals surface area (Å²) in [6, 6.07) is 50.8. The lowest BCUT2D eigenvalue weighted by Gasteiger charge is -2.09. The normalized spacial score (nSPS) is 11.3. The van der Waals surface area contributed by atoms with Crippen LogP contribution in [0.1, 0.15) is 22.3 Å². The van der Waals surface area contributed by atoms with Crippen LogP contribution >= 0.6 is 0 Å². The minimum atomic E-state index is 0.664. The third-order valence-electron chi connectivity index (χ3n) is 8.65. The van der Waals surface area contributed by atoms with Crippen LogP contribution < -0.4 is 0 Å². The van der Waals surface area contributed by atoms with Gasteiger partial charge in [-0.3, -0.25) is 0 Å². The molecule has 0 fully saturated rings. The topological polar surface area (TPSA) is 57.4 Å². The maximum atomic E-state index is 9.62. The molecule has 0 amide bonds. The summed E-state index contributed by atoms with van der Waals surface area (Å²) >= 11 is 0. The Balaban J connectivity index is 1.20. The molecule has 6 aromatic carbocycles. The number of hydrogen-bond acceptors (Lipinski definition) is 2. The predicted octanol–water partition coefficient (Wildman–Crippen LogP) is 9.41. The minimum Gasteiger partial charge on any atom is -0.309 e. The second-order valence-corrected chi connectivity index (χ2v) is 11.2. The molecule has 0 saturated carbocycles. The monoisotopic (exact) mass is 562 g/mol. The molecule has 0 atom stereocenters.